The Morgan fingerprint density at radius 2 is 1.70 bits per heavy atom. The normalized spacial score (nSPS) is 26.4. The predicted octanol–water partition coefficient (Wildman–Crippen LogP) is 5.89. The molecule has 0 aromatic heterocycles. The number of fused-ring (bicyclic) bond motifs is 5. The smallest absolute Gasteiger partial charge is 0.412 e. The molecule has 30 heteroatoms. The van der Waals surface area contributed by atoms with Crippen molar-refractivity contribution in [3.63, 3.8) is 0 Å². The Kier molecular flexibility index (Phi) is 25.1. The number of methoxy groups -OCH3 is 2. The number of carbonyl (C=O) groups is 10. The molecule has 6 N–H and O–H groups in total. The summed E-state index contributed by atoms with van der Waals surface area (Å²) in [5.74, 6) is -4.55. The maximum atomic E-state index is 14.4. The van der Waals surface area contributed by atoms with Crippen LogP contribution in [0.25, 0.3) is 0 Å². The molecule has 8 amide bonds. The zero-order valence-corrected chi connectivity index (χ0v) is 55.5. The Hall–Kier alpha value is -7.96. The van der Waals surface area contributed by atoms with Crippen molar-refractivity contribution < 1.29 is 91.0 Å². The van der Waals surface area contributed by atoms with E-state index in [0.29, 0.717) is 34.9 Å². The van der Waals surface area contributed by atoms with Crippen molar-refractivity contribution in [2.45, 2.75) is 152 Å². The van der Waals surface area contributed by atoms with E-state index in [4.69, 9.17) is 55.3 Å². The van der Waals surface area contributed by atoms with Gasteiger partial charge in [-0.05, 0) is 81.8 Å². The fourth-order valence-electron chi connectivity index (χ4n) is 11.0. The summed E-state index contributed by atoms with van der Waals surface area (Å²) in [5.41, 5.74) is 5.47. The summed E-state index contributed by atoms with van der Waals surface area (Å²) in [4.78, 5) is 142. The molecule has 28 nitrogen and oxygen atoms in total. The largest absolute Gasteiger partial charge is 0.495 e. The van der Waals surface area contributed by atoms with Gasteiger partial charge in [0.2, 0.25) is 11.8 Å². The Bertz CT molecular complexity index is 3230. The van der Waals surface area contributed by atoms with E-state index in [1.165, 1.54) is 87.1 Å². The molecule has 1 aliphatic carbocycles. The fraction of sp³-hybridized carbons (Fsp3) is 0.556. The molecule has 0 unspecified atom stereocenters. The van der Waals surface area contributed by atoms with Crippen molar-refractivity contribution in [3.8, 4) is 11.5 Å². The van der Waals surface area contributed by atoms with Crippen LogP contribution in [0.5, 0.6) is 11.5 Å². The number of hydroxylamine groups is 2. The molecule has 7 rings (SSSR count). The summed E-state index contributed by atoms with van der Waals surface area (Å²) < 4.78 is 40.7. The minimum atomic E-state index is -1.91. The van der Waals surface area contributed by atoms with Crippen LogP contribution in [0.2, 0.25) is 5.02 Å². The fourth-order valence-corrected chi connectivity index (χ4v) is 12.1. The number of carbonyl (C=O) groups excluding carboxylic acids is 10. The van der Waals surface area contributed by atoms with Crippen molar-refractivity contribution in [2.24, 2.45) is 11.7 Å². The lowest BCUT2D eigenvalue weighted by molar-refractivity contribution is -0.196. The van der Waals surface area contributed by atoms with E-state index in [-0.39, 0.29) is 67.6 Å². The Balaban J connectivity index is 0.927. The minimum absolute atomic E-state index is 0.0136. The summed E-state index contributed by atoms with van der Waals surface area (Å²) in [6.45, 7) is 5.99. The second kappa shape index (κ2) is 32.3. The first-order chi connectivity index (χ1) is 44.0. The van der Waals surface area contributed by atoms with E-state index >= 15 is 0 Å². The van der Waals surface area contributed by atoms with Gasteiger partial charge in [0, 0.05) is 91.8 Å². The third-order valence-corrected chi connectivity index (χ3v) is 18.3. The van der Waals surface area contributed by atoms with Crippen LogP contribution in [-0.4, -0.2) is 206 Å². The van der Waals surface area contributed by atoms with Gasteiger partial charge < -0.3 is 79.1 Å². The van der Waals surface area contributed by atoms with Gasteiger partial charge in [-0.15, -0.1) is 5.06 Å². The molecule has 3 fully saturated rings. The molecule has 2 aromatic carbocycles. The molecule has 0 saturated carbocycles. The molecular formula is C63H84ClN9O19S. The van der Waals surface area contributed by atoms with Gasteiger partial charge in [0.05, 0.1) is 37.1 Å². The molecule has 508 valence electrons. The van der Waals surface area contributed by atoms with Gasteiger partial charge in [-0.2, -0.15) is 0 Å². The number of nitrogens with two attached hydrogens (primary N) is 1. The number of ether oxygens (including phenoxy) is 7. The number of nitrogens with one attached hydrogen (secondary N) is 3. The van der Waals surface area contributed by atoms with Crippen LogP contribution in [0.15, 0.2) is 66.3 Å². The van der Waals surface area contributed by atoms with E-state index in [1.54, 1.807) is 38.1 Å². The number of alkyl carbamates (subject to hydrolysis) is 1. The van der Waals surface area contributed by atoms with Crippen LogP contribution in [0, 0.1) is 5.92 Å². The Morgan fingerprint density at radius 3 is 2.41 bits per heavy atom. The van der Waals surface area contributed by atoms with Crippen LogP contribution >= 0.6 is 23.4 Å². The molecular weight excluding hydrogens is 1250 g/mol. The number of hydrogen-bond acceptors (Lipinski definition) is 22. The summed E-state index contributed by atoms with van der Waals surface area (Å²) in [6, 6.07) is 5.85. The zero-order valence-electron chi connectivity index (χ0n) is 53.9. The van der Waals surface area contributed by atoms with Crippen LogP contribution in [-0.2, 0) is 70.3 Å². The molecule has 3 saturated heterocycles. The molecule has 5 aliphatic rings. The number of imide groups is 1. The third kappa shape index (κ3) is 18.9. The molecule has 4 bridgehead atoms. The van der Waals surface area contributed by atoms with E-state index in [2.05, 4.69) is 16.0 Å². The molecule has 4 aliphatic heterocycles. The first-order valence-electron chi connectivity index (χ1n) is 30.5. The number of rotatable bonds is 19. The van der Waals surface area contributed by atoms with E-state index in [1.807, 2.05) is 25.2 Å². The van der Waals surface area contributed by atoms with Crippen molar-refractivity contribution >= 4 is 93.8 Å². The molecule has 93 heavy (non-hydrogen) atoms. The standard InChI is InChI=1S/C63H84ClN9O19S/c1-36-16-15-19-48(86-10)63(84)33-47(89-59(81)68-63)37(2)56-62(4,91-56)49(32-53(77)72(8)44-30-40(28-36)31-46(85-9)55(44)64)90-57(79)38(3)71(7)50(74)24-27-93-61(83)70(6)26-25-69(5)60(82)87-35-39-20-21-45(88-58(80)67-42-18-14-12-11-13-17-41(42)65)43(29-39)66-34-54(78)92-73-51(75)22-23-52(73)76/h13,15-17,19-21,29-31,37-38,41-42,47-49,56,66,84H,11-12,14,18,22-28,32-35,65H2,1-10H3,(H,67,80)(H,68,81)/b17-13+,19-15+,36-16+/t37-,38+,41+,42+,47+,48-,49+,56+,62+,63+/m1/s1. The van der Waals surface area contributed by atoms with Gasteiger partial charge in [-0.1, -0.05) is 78.7 Å². The highest BCUT2D eigenvalue weighted by molar-refractivity contribution is 8.13. The number of likely N-dealkylation sites (N-methyl/N-ethyl adjacent to an activating group) is 3. The predicted molar refractivity (Wildman–Crippen MR) is 340 cm³/mol. The average molecular weight is 1340 g/mol. The number of amides is 8. The third-order valence-electron chi connectivity index (χ3n) is 17.0. The van der Waals surface area contributed by atoms with Crippen molar-refractivity contribution in [3.05, 3.63) is 82.4 Å². The quantitative estimate of drug-likeness (QED) is 0.0360. The van der Waals surface area contributed by atoms with Crippen LogP contribution in [0.4, 0.5) is 30.6 Å². The number of hydrogen-bond donors (Lipinski definition) is 5. The summed E-state index contributed by atoms with van der Waals surface area (Å²) in [5, 5.41) is 20.1. The second-order valence-electron chi connectivity index (χ2n) is 23.8. The first-order valence-corrected chi connectivity index (χ1v) is 31.9. The number of benzene rings is 2. The summed E-state index contributed by atoms with van der Waals surface area (Å²) in [7, 11) is 8.76. The number of esters is 1. The van der Waals surface area contributed by atoms with E-state index < -0.39 is 132 Å². The van der Waals surface area contributed by atoms with Crippen LogP contribution in [0.3, 0.4) is 0 Å². The Morgan fingerprint density at radius 1 is 0.978 bits per heavy atom. The SMILES string of the molecule is COc1cc2cc(c1Cl)N(C)C(=O)C[C@H](OC(=O)[C@H](C)N(C)C(=O)CCSC(=O)N(C)CCN(C)C(=O)OCc1ccc(OC(=O)N[C@H]3CCCC/C=C/[C@@H]3N)c(NCC(=O)ON3C(=O)CCC3=O)c1)[C@]1(C)O[C@H]1[C@H](C)[C@@H]1C[C@@](O)(NC(=O)O1)[C@H](OC)/C=C/C=C(\C)C2. The number of halogens is 1. The second-order valence-corrected chi connectivity index (χ2v) is 25.2. The number of allylic oxidation sites excluding steroid dienone is 4. The van der Waals surface area contributed by atoms with Crippen LogP contribution < -0.4 is 36.1 Å². The van der Waals surface area contributed by atoms with Gasteiger partial charge in [0.25, 0.3) is 17.1 Å². The van der Waals surface area contributed by atoms with E-state index in [0.717, 1.165) is 42.2 Å². The van der Waals surface area contributed by atoms with Gasteiger partial charge >= 0.3 is 30.2 Å². The number of nitrogens with zero attached hydrogens (tertiary/aromatic N) is 5. The van der Waals surface area contributed by atoms with E-state index in [9.17, 15) is 53.1 Å². The first kappa shape index (κ1) is 72.5. The van der Waals surface area contributed by atoms with Crippen molar-refractivity contribution in [1.29, 1.82) is 0 Å². The van der Waals surface area contributed by atoms with Gasteiger partial charge in [-0.25, -0.2) is 24.0 Å². The van der Waals surface area contributed by atoms with Gasteiger partial charge in [-0.3, -0.25) is 29.3 Å². The molecule has 2 aromatic rings. The zero-order chi connectivity index (χ0) is 68.1. The summed E-state index contributed by atoms with van der Waals surface area (Å²) >= 11 is 7.68. The summed E-state index contributed by atoms with van der Waals surface area (Å²) in [6.07, 6.45) is 5.19. The van der Waals surface area contributed by atoms with Crippen LogP contribution in [0.1, 0.15) is 96.6 Å². The Labute approximate surface area is 548 Å². The topological polar surface area (TPSA) is 346 Å². The number of anilines is 2. The van der Waals surface area contributed by atoms with Crippen molar-refractivity contribution in [1.82, 2.24) is 30.4 Å². The lowest BCUT2D eigenvalue weighted by Gasteiger charge is -2.42. The maximum Gasteiger partial charge on any atom is 0.412 e. The number of thioether (sulfide) groups is 1. The average Bonchev–Trinajstić information content (AvgIpc) is 1.57. The number of aliphatic hydroxyl groups is 1. The molecule has 0 radical (unpaired) electrons. The molecule has 4 heterocycles. The van der Waals surface area contributed by atoms with Crippen molar-refractivity contribution in [2.75, 3.05) is 78.0 Å². The van der Waals surface area contributed by atoms with Gasteiger partial charge in [0.15, 0.2) is 11.5 Å². The highest BCUT2D eigenvalue weighted by Crippen LogP contribution is 2.49. The lowest BCUT2D eigenvalue weighted by atomic mass is 9.83. The highest BCUT2D eigenvalue weighted by atomic mass is 35.5. The minimum Gasteiger partial charge on any atom is -0.495 e. The number of epoxide rings is 1. The molecule has 0 spiro atoms. The monoisotopic (exact) mass is 1340 g/mol. The highest BCUT2D eigenvalue weighted by Gasteiger charge is 2.64. The lowest BCUT2D eigenvalue weighted by Crippen LogP contribution is -2.63. The maximum absolute atomic E-state index is 14.4. The molecule has 10 atom stereocenters. The van der Waals surface area contributed by atoms with Gasteiger partial charge in [0.1, 0.15) is 53.9 Å².